The molecule has 9 heteroatoms. The molecule has 7 nitrogen and oxygen atoms in total. The summed E-state index contributed by atoms with van der Waals surface area (Å²) in [4.78, 5) is -0.00692. The van der Waals surface area contributed by atoms with E-state index in [9.17, 15) is 35.2 Å². The van der Waals surface area contributed by atoms with E-state index in [1.54, 1.807) is 0 Å². The van der Waals surface area contributed by atoms with Crippen molar-refractivity contribution in [2.75, 3.05) is 0 Å². The smallest absolute Gasteiger partial charge is 0.200 e. The van der Waals surface area contributed by atoms with Crippen LogP contribution in [0.1, 0.15) is 11.1 Å². The summed E-state index contributed by atoms with van der Waals surface area (Å²) in [6, 6.07) is 6.21. The first kappa shape index (κ1) is 18.8. The number of phenolic OH excluding ortho intramolecular Hbond substituents is 5. The van der Waals surface area contributed by atoms with Gasteiger partial charge in [-0.2, -0.15) is 5.26 Å². The van der Waals surface area contributed by atoms with Crippen molar-refractivity contribution in [1.29, 1.82) is 5.26 Å². The van der Waals surface area contributed by atoms with Crippen molar-refractivity contribution in [3.8, 4) is 34.8 Å². The molecule has 0 aliphatic rings. The van der Waals surface area contributed by atoms with E-state index in [1.807, 2.05) is 6.07 Å². The lowest BCUT2D eigenvalue weighted by atomic mass is 10.1. The van der Waals surface area contributed by atoms with Crippen LogP contribution in [0.4, 0.5) is 4.39 Å². The number of aromatic hydroxyl groups is 5. The summed E-state index contributed by atoms with van der Waals surface area (Å²) in [5.41, 5.74) is 0.445. The molecule has 0 saturated carbocycles. The van der Waals surface area contributed by atoms with Gasteiger partial charge in [0.2, 0.25) is 0 Å². The molecule has 2 aromatic rings. The zero-order valence-electron chi connectivity index (χ0n) is 13.1. The minimum absolute atomic E-state index is 0.00692. The van der Waals surface area contributed by atoms with E-state index in [1.165, 1.54) is 18.2 Å². The number of rotatable bonds is 4. The second kappa shape index (κ2) is 7.58. The maximum absolute atomic E-state index is 13.4. The van der Waals surface area contributed by atoms with Crippen molar-refractivity contribution >= 4 is 23.3 Å². The van der Waals surface area contributed by atoms with Crippen molar-refractivity contribution in [3.63, 3.8) is 0 Å². The molecule has 0 fully saturated rings. The fourth-order valence-electron chi connectivity index (χ4n) is 2.04. The maximum atomic E-state index is 13.4. The third-order valence-electron chi connectivity index (χ3n) is 3.32. The van der Waals surface area contributed by atoms with Crippen LogP contribution in [0.25, 0.3) is 6.08 Å². The Morgan fingerprint density at radius 3 is 2.15 bits per heavy atom. The first-order valence-corrected chi connectivity index (χ1v) is 7.49. The third-order valence-corrected chi connectivity index (χ3v) is 3.69. The van der Waals surface area contributed by atoms with Gasteiger partial charge >= 0.3 is 0 Å². The Bertz CT molecular complexity index is 907. The number of benzene rings is 2. The highest BCUT2D eigenvalue weighted by Gasteiger charge is 2.12. The van der Waals surface area contributed by atoms with Crippen LogP contribution >= 0.6 is 12.2 Å². The average Bonchev–Trinajstić information content (AvgIpc) is 2.59. The monoisotopic (exact) mass is 376 g/mol. The van der Waals surface area contributed by atoms with E-state index in [2.05, 4.69) is 5.32 Å². The Labute approximate surface area is 152 Å². The number of phenols is 5. The lowest BCUT2D eigenvalue weighted by Gasteiger charge is -2.09. The third kappa shape index (κ3) is 4.12. The second-order valence-electron chi connectivity index (χ2n) is 5.21. The van der Waals surface area contributed by atoms with Crippen molar-refractivity contribution in [1.82, 2.24) is 5.32 Å². The van der Waals surface area contributed by atoms with Gasteiger partial charge in [-0.25, -0.2) is 4.39 Å². The van der Waals surface area contributed by atoms with Crippen LogP contribution in [0, 0.1) is 17.1 Å². The molecule has 0 radical (unpaired) electrons. The highest BCUT2D eigenvalue weighted by atomic mass is 32.1. The molecular weight excluding hydrogens is 363 g/mol. The van der Waals surface area contributed by atoms with Crippen LogP contribution in [-0.4, -0.2) is 30.5 Å². The summed E-state index contributed by atoms with van der Waals surface area (Å²) in [7, 11) is 0. The van der Waals surface area contributed by atoms with Gasteiger partial charge in [0.05, 0.1) is 5.57 Å². The quantitative estimate of drug-likeness (QED) is 0.207. The van der Waals surface area contributed by atoms with Crippen molar-refractivity contribution < 1.29 is 29.9 Å². The molecule has 134 valence electrons. The fourth-order valence-corrected chi connectivity index (χ4v) is 2.22. The summed E-state index contributed by atoms with van der Waals surface area (Å²) in [5.74, 6) is -4.31. The summed E-state index contributed by atoms with van der Waals surface area (Å²) in [6.07, 6.45) is 1.21. The largest absolute Gasteiger partial charge is 0.504 e. The lowest BCUT2D eigenvalue weighted by Crippen LogP contribution is -2.22. The molecular formula is C17H13FN2O5S. The van der Waals surface area contributed by atoms with E-state index < -0.39 is 34.6 Å². The number of halogens is 1. The number of hydrogen-bond donors (Lipinski definition) is 6. The van der Waals surface area contributed by atoms with Crippen molar-refractivity contribution in [2.24, 2.45) is 0 Å². The van der Waals surface area contributed by atoms with Gasteiger partial charge in [-0.1, -0.05) is 12.2 Å². The molecule has 2 rings (SSSR count). The van der Waals surface area contributed by atoms with E-state index in [-0.39, 0.29) is 22.7 Å². The predicted molar refractivity (Wildman–Crippen MR) is 94.2 cm³/mol. The minimum Gasteiger partial charge on any atom is -0.504 e. The van der Waals surface area contributed by atoms with Gasteiger partial charge in [0.1, 0.15) is 11.1 Å². The molecule has 0 unspecified atom stereocenters. The fraction of sp³-hybridized carbons (Fsp3) is 0.0588. The molecule has 0 heterocycles. The molecule has 0 bridgehead atoms. The van der Waals surface area contributed by atoms with E-state index in [0.29, 0.717) is 5.56 Å². The minimum atomic E-state index is -1.05. The molecule has 26 heavy (non-hydrogen) atoms. The molecule has 0 aliphatic heterocycles. The molecule has 0 atom stereocenters. The number of nitrogens with zero attached hydrogens (tertiary/aromatic N) is 1. The maximum Gasteiger partial charge on any atom is 0.200 e. The van der Waals surface area contributed by atoms with Crippen LogP contribution in [0.2, 0.25) is 0 Å². The lowest BCUT2D eigenvalue weighted by molar-refractivity contribution is 0.367. The van der Waals surface area contributed by atoms with Crippen LogP contribution in [0.5, 0.6) is 28.7 Å². The standard InChI is InChI=1S/C17H13FN2O5S/c18-11-2-8(3-12(21)15(11)24)1-10(6-19)17(26)20-7-9-4-13(22)16(25)14(23)5-9/h1-5,21-25H,7H2,(H,20,26)/b10-1-. The Balaban J connectivity index is 2.18. The van der Waals surface area contributed by atoms with E-state index in [0.717, 1.165) is 12.1 Å². The van der Waals surface area contributed by atoms with Gasteiger partial charge < -0.3 is 30.8 Å². The van der Waals surface area contributed by atoms with Crippen molar-refractivity contribution in [3.05, 3.63) is 46.8 Å². The zero-order chi connectivity index (χ0) is 19.4. The van der Waals surface area contributed by atoms with Gasteiger partial charge in [0.15, 0.2) is 34.6 Å². The van der Waals surface area contributed by atoms with Gasteiger partial charge in [-0.05, 0) is 41.5 Å². The number of hydrogen-bond acceptors (Lipinski definition) is 7. The number of nitrogens with one attached hydrogen (secondary N) is 1. The Morgan fingerprint density at radius 2 is 1.62 bits per heavy atom. The summed E-state index contributed by atoms with van der Waals surface area (Å²) < 4.78 is 13.4. The molecule has 0 spiro atoms. The number of thiocarbonyl (C=S) groups is 1. The molecule has 2 aromatic carbocycles. The highest BCUT2D eigenvalue weighted by molar-refractivity contribution is 7.80. The van der Waals surface area contributed by atoms with E-state index >= 15 is 0 Å². The van der Waals surface area contributed by atoms with Gasteiger partial charge in [-0.15, -0.1) is 0 Å². The van der Waals surface area contributed by atoms with Crippen molar-refractivity contribution in [2.45, 2.75) is 6.54 Å². The second-order valence-corrected chi connectivity index (χ2v) is 5.61. The summed E-state index contributed by atoms with van der Waals surface area (Å²) in [5, 5.41) is 58.7. The number of nitriles is 1. The predicted octanol–water partition coefficient (Wildman–Crippen LogP) is 2.38. The summed E-state index contributed by atoms with van der Waals surface area (Å²) in [6.45, 7) is 0.0223. The molecule has 0 saturated heterocycles. The van der Waals surface area contributed by atoms with Gasteiger partial charge in [-0.3, -0.25) is 0 Å². The van der Waals surface area contributed by atoms with Crippen LogP contribution in [0.3, 0.4) is 0 Å². The van der Waals surface area contributed by atoms with Crippen LogP contribution in [0.15, 0.2) is 29.8 Å². The van der Waals surface area contributed by atoms with Gasteiger partial charge in [0, 0.05) is 6.54 Å². The van der Waals surface area contributed by atoms with Crippen LogP contribution in [-0.2, 0) is 6.54 Å². The highest BCUT2D eigenvalue weighted by Crippen LogP contribution is 2.35. The first-order chi connectivity index (χ1) is 12.2. The van der Waals surface area contributed by atoms with E-state index in [4.69, 9.17) is 12.2 Å². The zero-order valence-corrected chi connectivity index (χ0v) is 13.9. The summed E-state index contributed by atoms with van der Waals surface area (Å²) >= 11 is 5.07. The molecule has 0 aliphatic carbocycles. The Morgan fingerprint density at radius 1 is 1.04 bits per heavy atom. The van der Waals surface area contributed by atoms with Gasteiger partial charge in [0.25, 0.3) is 0 Å². The topological polar surface area (TPSA) is 137 Å². The Hall–Kier alpha value is -3.51. The normalized spacial score (nSPS) is 11.0. The van der Waals surface area contributed by atoms with Crippen LogP contribution < -0.4 is 5.32 Å². The SMILES string of the molecule is N#C/C(=C/c1cc(O)c(O)c(F)c1)C(=S)NCc1cc(O)c(O)c(O)c1. The molecule has 6 N–H and O–H groups in total. The molecule has 0 aromatic heterocycles. The molecule has 0 amide bonds. The average molecular weight is 376 g/mol. The Kier molecular flexibility index (Phi) is 5.49. The first-order valence-electron chi connectivity index (χ1n) is 7.08.